The molecule has 0 unspecified atom stereocenters. The van der Waals surface area contributed by atoms with E-state index in [1.165, 1.54) is 39.5 Å². The fraction of sp³-hybridized carbons (Fsp3) is 0.472. The average molecular weight is 727 g/mol. The summed E-state index contributed by atoms with van der Waals surface area (Å²) < 4.78 is 16.6. The zero-order chi connectivity index (χ0) is 37.7. The van der Waals surface area contributed by atoms with Crippen LogP contribution in [0.4, 0.5) is 0 Å². The molecule has 1 fully saturated rings. The van der Waals surface area contributed by atoms with Crippen LogP contribution in [0.3, 0.4) is 0 Å². The first-order valence-corrected chi connectivity index (χ1v) is 17.6. The molecule has 0 radical (unpaired) electrons. The number of ether oxygens (including phenoxy) is 3. The van der Waals surface area contributed by atoms with Gasteiger partial charge in [0.15, 0.2) is 12.2 Å². The van der Waals surface area contributed by atoms with E-state index in [9.17, 15) is 33.6 Å². The molecule has 5 N–H and O–H groups in total. The maximum atomic E-state index is 13.9. The molecular formula is C36H46N4O10S. The van der Waals surface area contributed by atoms with E-state index in [1.54, 1.807) is 61.5 Å². The van der Waals surface area contributed by atoms with E-state index < -0.39 is 83.2 Å². The number of amides is 4. The largest absolute Gasteiger partial charge is 0.458 e. The molecule has 14 nitrogen and oxygen atoms in total. The molecule has 1 aliphatic carbocycles. The average Bonchev–Trinajstić information content (AvgIpc) is 3.05. The number of thioether (sulfide) groups is 1. The summed E-state index contributed by atoms with van der Waals surface area (Å²) in [6.07, 6.45) is -2.55. The summed E-state index contributed by atoms with van der Waals surface area (Å²) in [7, 11) is 0. The third-order valence-electron chi connectivity index (χ3n) is 8.11. The molecule has 1 aliphatic rings. The van der Waals surface area contributed by atoms with E-state index >= 15 is 0 Å². The van der Waals surface area contributed by atoms with Crippen LogP contribution in [-0.4, -0.2) is 89.0 Å². The van der Waals surface area contributed by atoms with Crippen molar-refractivity contribution in [2.45, 2.75) is 95.6 Å². The Morgan fingerprint density at radius 1 is 0.667 bits per heavy atom. The quantitative estimate of drug-likeness (QED) is 0.143. The maximum Gasteiger partial charge on any atom is 0.303 e. The van der Waals surface area contributed by atoms with Crippen molar-refractivity contribution < 1.29 is 47.8 Å². The van der Waals surface area contributed by atoms with Crippen LogP contribution in [0.1, 0.15) is 52.2 Å². The van der Waals surface area contributed by atoms with Gasteiger partial charge in [-0.05, 0) is 23.5 Å². The third kappa shape index (κ3) is 13.0. The zero-order valence-corrected chi connectivity index (χ0v) is 30.1. The minimum Gasteiger partial charge on any atom is -0.458 e. The van der Waals surface area contributed by atoms with Gasteiger partial charge in [0.05, 0.1) is 0 Å². The first kappa shape index (κ1) is 40.5. The Labute approximate surface area is 301 Å². The maximum absolute atomic E-state index is 13.9. The van der Waals surface area contributed by atoms with E-state index in [-0.39, 0.29) is 24.5 Å². The van der Waals surface area contributed by atoms with Gasteiger partial charge in [0.1, 0.15) is 24.2 Å². The molecule has 15 heteroatoms. The van der Waals surface area contributed by atoms with Gasteiger partial charge in [0, 0.05) is 51.5 Å². The number of primary amides is 1. The van der Waals surface area contributed by atoms with Crippen molar-refractivity contribution in [1.29, 1.82) is 0 Å². The normalized spacial score (nSPS) is 21.5. The Morgan fingerprint density at radius 3 is 1.61 bits per heavy atom. The highest BCUT2D eigenvalue weighted by Gasteiger charge is 2.49. The van der Waals surface area contributed by atoms with E-state index in [2.05, 4.69) is 16.0 Å². The Kier molecular flexibility index (Phi) is 15.5. The monoisotopic (exact) mass is 726 g/mol. The van der Waals surface area contributed by atoms with Crippen molar-refractivity contribution in [2.24, 2.45) is 11.7 Å². The molecule has 0 heterocycles. The minimum atomic E-state index is -1.17. The van der Waals surface area contributed by atoms with E-state index in [0.29, 0.717) is 6.42 Å². The summed E-state index contributed by atoms with van der Waals surface area (Å²) in [5.74, 6) is -4.93. The standard InChI is InChI=1S/C36H46N4O10S/c1-20-16-30(32(49-23(4)43)33(50-24(5)44)31(20)48-22(3)42)51-19-29(38-21(2)41)36(47)40-28(18-26-14-10-7-11-15-26)35(46)39-27(34(37)45)17-25-12-8-6-9-13-25/h6-15,20,27-33H,16-19H2,1-5H3,(H2,37,45)(H,38,41)(H,39,46)(H,40,47)/t20-,27+,28+,29+,30+,31-,32-,33-/m1/s1. The fourth-order valence-electron chi connectivity index (χ4n) is 5.88. The first-order valence-electron chi connectivity index (χ1n) is 16.5. The van der Waals surface area contributed by atoms with Gasteiger partial charge in [-0.2, -0.15) is 11.8 Å². The van der Waals surface area contributed by atoms with Gasteiger partial charge in [-0.1, -0.05) is 67.6 Å². The van der Waals surface area contributed by atoms with Gasteiger partial charge in [-0.15, -0.1) is 0 Å². The molecule has 2 aromatic rings. The lowest BCUT2D eigenvalue weighted by molar-refractivity contribution is -0.194. The van der Waals surface area contributed by atoms with Crippen molar-refractivity contribution in [3.63, 3.8) is 0 Å². The predicted molar refractivity (Wildman–Crippen MR) is 188 cm³/mol. The van der Waals surface area contributed by atoms with Crippen LogP contribution in [0.2, 0.25) is 0 Å². The van der Waals surface area contributed by atoms with Crippen LogP contribution in [0.15, 0.2) is 60.7 Å². The summed E-state index contributed by atoms with van der Waals surface area (Å²) in [6.45, 7) is 6.64. The second-order valence-electron chi connectivity index (χ2n) is 12.5. The van der Waals surface area contributed by atoms with Crippen LogP contribution in [0.5, 0.6) is 0 Å². The Hall–Kier alpha value is -4.92. The summed E-state index contributed by atoms with van der Waals surface area (Å²) in [4.78, 5) is 88.4. The molecule has 8 atom stereocenters. The molecule has 4 amide bonds. The lowest BCUT2D eigenvalue weighted by Crippen LogP contribution is -2.58. The lowest BCUT2D eigenvalue weighted by Gasteiger charge is -2.43. The number of hydrogen-bond donors (Lipinski definition) is 4. The van der Waals surface area contributed by atoms with Crippen LogP contribution in [0.25, 0.3) is 0 Å². The molecule has 0 spiro atoms. The molecule has 2 aromatic carbocycles. The summed E-state index contributed by atoms with van der Waals surface area (Å²) in [6, 6.07) is 14.5. The molecule has 3 rings (SSSR count). The summed E-state index contributed by atoms with van der Waals surface area (Å²) >= 11 is 1.19. The molecule has 0 aromatic heterocycles. The van der Waals surface area contributed by atoms with Crippen molar-refractivity contribution in [2.75, 3.05) is 5.75 Å². The highest BCUT2D eigenvalue weighted by atomic mass is 32.2. The van der Waals surface area contributed by atoms with E-state index in [4.69, 9.17) is 19.9 Å². The predicted octanol–water partition coefficient (Wildman–Crippen LogP) is 1.37. The molecule has 0 aliphatic heterocycles. The summed E-state index contributed by atoms with van der Waals surface area (Å²) in [5.41, 5.74) is 7.14. The molecule has 276 valence electrons. The topological polar surface area (TPSA) is 209 Å². The highest BCUT2D eigenvalue weighted by molar-refractivity contribution is 8.00. The Bertz CT molecular complexity index is 1540. The van der Waals surface area contributed by atoms with Crippen molar-refractivity contribution in [3.8, 4) is 0 Å². The number of nitrogens with one attached hydrogen (secondary N) is 3. The lowest BCUT2D eigenvalue weighted by atomic mass is 9.83. The van der Waals surface area contributed by atoms with Gasteiger partial charge < -0.3 is 35.9 Å². The molecule has 0 saturated heterocycles. The van der Waals surface area contributed by atoms with Crippen LogP contribution in [-0.2, 0) is 60.6 Å². The zero-order valence-electron chi connectivity index (χ0n) is 29.3. The molecule has 51 heavy (non-hydrogen) atoms. The van der Waals surface area contributed by atoms with Crippen molar-refractivity contribution >= 4 is 53.3 Å². The van der Waals surface area contributed by atoms with Gasteiger partial charge in [-0.25, -0.2) is 0 Å². The number of benzene rings is 2. The van der Waals surface area contributed by atoms with Gasteiger partial charge >= 0.3 is 17.9 Å². The van der Waals surface area contributed by atoms with Crippen molar-refractivity contribution in [1.82, 2.24) is 16.0 Å². The van der Waals surface area contributed by atoms with Crippen LogP contribution in [0, 0.1) is 5.92 Å². The fourth-order valence-corrected chi connectivity index (χ4v) is 7.39. The highest BCUT2D eigenvalue weighted by Crippen LogP contribution is 2.38. The smallest absolute Gasteiger partial charge is 0.303 e. The van der Waals surface area contributed by atoms with Crippen molar-refractivity contribution in [3.05, 3.63) is 71.8 Å². The SMILES string of the molecule is CC(=O)N[C@@H](CS[C@H]1C[C@@H](C)[C@@H](OC(C)=O)[C@@H](OC(C)=O)[C@@H]1OC(C)=O)C(=O)N[C@@H](Cc1ccccc1)C(=O)N[C@@H](Cc1ccccc1)C(N)=O. The molecular weight excluding hydrogens is 680 g/mol. The molecule has 0 bridgehead atoms. The number of carbonyl (C=O) groups is 7. The Morgan fingerprint density at radius 2 is 1.12 bits per heavy atom. The van der Waals surface area contributed by atoms with Gasteiger partial charge in [0.25, 0.3) is 0 Å². The number of carbonyl (C=O) groups excluding carboxylic acids is 7. The number of nitrogens with two attached hydrogens (primary N) is 1. The third-order valence-corrected chi connectivity index (χ3v) is 9.53. The number of esters is 3. The first-order chi connectivity index (χ1) is 24.1. The number of rotatable bonds is 16. The summed E-state index contributed by atoms with van der Waals surface area (Å²) in [5, 5.41) is 7.48. The number of hydrogen-bond acceptors (Lipinski definition) is 11. The second kappa shape index (κ2) is 19.5. The van der Waals surface area contributed by atoms with E-state index in [1.807, 2.05) is 6.07 Å². The van der Waals surface area contributed by atoms with Crippen LogP contribution < -0.4 is 21.7 Å². The Balaban J connectivity index is 1.85. The second-order valence-corrected chi connectivity index (χ2v) is 13.7. The van der Waals surface area contributed by atoms with Crippen LogP contribution >= 0.6 is 11.8 Å². The van der Waals surface area contributed by atoms with Gasteiger partial charge in [0.2, 0.25) is 23.6 Å². The van der Waals surface area contributed by atoms with E-state index in [0.717, 1.165) is 11.1 Å². The molecule has 1 saturated carbocycles. The van der Waals surface area contributed by atoms with Gasteiger partial charge in [-0.3, -0.25) is 33.6 Å². The minimum absolute atomic E-state index is 0.0385.